The normalized spacial score (nSPS) is 15.6. The van der Waals surface area contributed by atoms with E-state index in [2.05, 4.69) is 20.6 Å². The summed E-state index contributed by atoms with van der Waals surface area (Å²) in [6.07, 6.45) is 0.642. The molecule has 1 aliphatic rings. The molecule has 0 spiro atoms. The molecule has 4 rings (SSSR count). The molecule has 0 fully saturated rings. The maximum absolute atomic E-state index is 13.1. The van der Waals surface area contributed by atoms with Gasteiger partial charge in [-0.15, -0.1) is 0 Å². The smallest absolute Gasteiger partial charge is 0.255 e. The molecule has 0 aliphatic carbocycles. The number of hydrogen-bond acceptors (Lipinski definition) is 5. The van der Waals surface area contributed by atoms with Gasteiger partial charge in [0.2, 0.25) is 11.8 Å². The quantitative estimate of drug-likeness (QED) is 0.517. The number of ether oxygens (including phenoxy) is 1. The summed E-state index contributed by atoms with van der Waals surface area (Å²) in [6, 6.07) is 10.5. The Hall–Kier alpha value is -3.59. The number of H-pyrrole nitrogens is 1. The van der Waals surface area contributed by atoms with Crippen molar-refractivity contribution in [1.29, 1.82) is 0 Å². The Morgan fingerprint density at radius 1 is 1.15 bits per heavy atom. The summed E-state index contributed by atoms with van der Waals surface area (Å²) in [6.45, 7) is 2.88. The first-order valence-electron chi connectivity index (χ1n) is 11.1. The SMILES string of the molecule is Cc1nc2ccc(CC(=O)N3CCCNC(=O)c4cc(Cl)ccc4OCCNC(=O)C3)cc2[nH]1. The van der Waals surface area contributed by atoms with E-state index < -0.39 is 0 Å². The van der Waals surface area contributed by atoms with E-state index in [1.807, 2.05) is 25.1 Å². The predicted octanol–water partition coefficient (Wildman–Crippen LogP) is 2.22. The van der Waals surface area contributed by atoms with Gasteiger partial charge in [0.05, 0.1) is 36.1 Å². The summed E-state index contributed by atoms with van der Waals surface area (Å²) in [5.74, 6) is 0.460. The second kappa shape index (κ2) is 10.6. The van der Waals surface area contributed by atoms with Crippen LogP contribution in [-0.2, 0) is 16.0 Å². The average molecular weight is 484 g/mol. The lowest BCUT2D eigenvalue weighted by atomic mass is 10.1. The second-order valence-corrected chi connectivity index (χ2v) is 8.55. The van der Waals surface area contributed by atoms with Crippen molar-refractivity contribution >= 4 is 40.4 Å². The van der Waals surface area contributed by atoms with Crippen molar-refractivity contribution in [3.63, 3.8) is 0 Å². The van der Waals surface area contributed by atoms with Crippen molar-refractivity contribution < 1.29 is 19.1 Å². The van der Waals surface area contributed by atoms with Crippen LogP contribution in [0.25, 0.3) is 11.0 Å². The molecule has 1 aliphatic heterocycles. The van der Waals surface area contributed by atoms with E-state index in [9.17, 15) is 14.4 Å². The number of carbonyl (C=O) groups excluding carboxylic acids is 3. The Labute approximate surface area is 201 Å². The van der Waals surface area contributed by atoms with Crippen LogP contribution < -0.4 is 15.4 Å². The van der Waals surface area contributed by atoms with E-state index >= 15 is 0 Å². The predicted molar refractivity (Wildman–Crippen MR) is 128 cm³/mol. The molecule has 0 bridgehead atoms. The molecule has 0 saturated heterocycles. The highest BCUT2D eigenvalue weighted by molar-refractivity contribution is 6.31. The lowest BCUT2D eigenvalue weighted by molar-refractivity contribution is -0.135. The van der Waals surface area contributed by atoms with Crippen LogP contribution in [0.2, 0.25) is 5.02 Å². The first kappa shape index (κ1) is 23.6. The number of carbonyl (C=O) groups is 3. The Kier molecular flexibility index (Phi) is 7.32. The maximum atomic E-state index is 13.1. The van der Waals surface area contributed by atoms with Gasteiger partial charge >= 0.3 is 0 Å². The van der Waals surface area contributed by atoms with Gasteiger partial charge in [-0.1, -0.05) is 17.7 Å². The van der Waals surface area contributed by atoms with Crippen molar-refractivity contribution in [2.75, 3.05) is 32.8 Å². The minimum absolute atomic E-state index is 0.0651. The van der Waals surface area contributed by atoms with Gasteiger partial charge < -0.3 is 25.3 Å². The minimum atomic E-state index is -0.306. The van der Waals surface area contributed by atoms with Crippen LogP contribution in [0.3, 0.4) is 0 Å². The van der Waals surface area contributed by atoms with Gasteiger partial charge in [0.15, 0.2) is 0 Å². The summed E-state index contributed by atoms with van der Waals surface area (Å²) < 4.78 is 5.67. The average Bonchev–Trinajstić information content (AvgIpc) is 3.18. The van der Waals surface area contributed by atoms with Crippen molar-refractivity contribution in [1.82, 2.24) is 25.5 Å². The Balaban J connectivity index is 1.44. The van der Waals surface area contributed by atoms with E-state index in [0.29, 0.717) is 35.8 Å². The van der Waals surface area contributed by atoms with E-state index in [1.165, 1.54) is 4.90 Å². The molecule has 34 heavy (non-hydrogen) atoms. The molecule has 3 N–H and O–H groups in total. The number of nitrogens with one attached hydrogen (secondary N) is 3. The molecular weight excluding hydrogens is 458 g/mol. The summed E-state index contributed by atoms with van der Waals surface area (Å²) >= 11 is 6.05. The fraction of sp³-hybridized carbons (Fsp3) is 0.333. The van der Waals surface area contributed by atoms with Crippen LogP contribution in [-0.4, -0.2) is 65.4 Å². The number of amides is 3. The van der Waals surface area contributed by atoms with Gasteiger partial charge in [-0.25, -0.2) is 4.98 Å². The van der Waals surface area contributed by atoms with E-state index in [-0.39, 0.29) is 43.8 Å². The molecule has 3 amide bonds. The molecular formula is C24H26ClN5O4. The molecule has 178 valence electrons. The molecule has 0 unspecified atom stereocenters. The molecule has 3 aromatic rings. The first-order valence-corrected chi connectivity index (χ1v) is 11.5. The molecule has 0 saturated carbocycles. The number of benzene rings is 2. The van der Waals surface area contributed by atoms with Crippen molar-refractivity contribution in [3.05, 3.63) is 58.4 Å². The monoisotopic (exact) mass is 483 g/mol. The van der Waals surface area contributed by atoms with Gasteiger partial charge in [-0.3, -0.25) is 14.4 Å². The molecule has 9 nitrogen and oxygen atoms in total. The van der Waals surface area contributed by atoms with Crippen LogP contribution >= 0.6 is 11.6 Å². The third-order valence-corrected chi connectivity index (χ3v) is 5.70. The lowest BCUT2D eigenvalue weighted by Gasteiger charge is -2.23. The van der Waals surface area contributed by atoms with E-state index in [1.54, 1.807) is 18.2 Å². The van der Waals surface area contributed by atoms with Gasteiger partial charge in [0, 0.05) is 18.1 Å². The molecule has 0 radical (unpaired) electrons. The molecule has 2 heterocycles. The number of aryl methyl sites for hydroxylation is 1. The zero-order valence-corrected chi connectivity index (χ0v) is 19.6. The largest absolute Gasteiger partial charge is 0.491 e. The molecule has 1 aromatic heterocycles. The lowest BCUT2D eigenvalue weighted by Crippen LogP contribution is -2.43. The topological polar surface area (TPSA) is 116 Å². The summed E-state index contributed by atoms with van der Waals surface area (Å²) in [5, 5.41) is 6.03. The second-order valence-electron chi connectivity index (χ2n) is 8.11. The van der Waals surface area contributed by atoms with Crippen molar-refractivity contribution in [2.45, 2.75) is 19.8 Å². The van der Waals surface area contributed by atoms with Gasteiger partial charge in [-0.05, 0) is 49.2 Å². The molecule has 2 aromatic carbocycles. The van der Waals surface area contributed by atoms with Crippen LogP contribution in [0.15, 0.2) is 36.4 Å². The van der Waals surface area contributed by atoms with Crippen LogP contribution in [0.1, 0.15) is 28.2 Å². The number of halogens is 1. The van der Waals surface area contributed by atoms with Crippen LogP contribution in [0.5, 0.6) is 5.75 Å². The fourth-order valence-corrected chi connectivity index (χ4v) is 4.00. The highest BCUT2D eigenvalue weighted by atomic mass is 35.5. The number of fused-ring (bicyclic) bond motifs is 2. The zero-order chi connectivity index (χ0) is 24.1. The summed E-state index contributed by atoms with van der Waals surface area (Å²) in [7, 11) is 0. The third kappa shape index (κ3) is 5.85. The molecule has 0 atom stereocenters. The minimum Gasteiger partial charge on any atom is -0.491 e. The van der Waals surface area contributed by atoms with E-state index in [0.717, 1.165) is 22.4 Å². The first-order chi connectivity index (χ1) is 16.4. The Morgan fingerprint density at radius 2 is 2.00 bits per heavy atom. The van der Waals surface area contributed by atoms with Gasteiger partial charge in [0.25, 0.3) is 5.91 Å². The Morgan fingerprint density at radius 3 is 2.85 bits per heavy atom. The molecule has 10 heteroatoms. The van der Waals surface area contributed by atoms with E-state index in [4.69, 9.17) is 16.3 Å². The summed E-state index contributed by atoms with van der Waals surface area (Å²) in [5.41, 5.74) is 2.86. The van der Waals surface area contributed by atoms with Crippen molar-refractivity contribution in [3.8, 4) is 5.75 Å². The number of rotatable bonds is 2. The number of imidazole rings is 1. The Bertz CT molecular complexity index is 1230. The van der Waals surface area contributed by atoms with Gasteiger partial charge in [0.1, 0.15) is 18.2 Å². The maximum Gasteiger partial charge on any atom is 0.255 e. The highest BCUT2D eigenvalue weighted by Crippen LogP contribution is 2.23. The number of hydrogen-bond donors (Lipinski definition) is 3. The van der Waals surface area contributed by atoms with Crippen LogP contribution in [0.4, 0.5) is 0 Å². The zero-order valence-electron chi connectivity index (χ0n) is 18.8. The standard InChI is InChI=1S/C24H26ClN5O4/c1-15-28-19-5-3-16(11-20(19)29-15)12-23(32)30-9-2-7-27-24(33)18-13-17(25)4-6-21(18)34-10-8-26-22(31)14-30/h3-6,11,13H,2,7-10,12,14H2,1H3,(H,26,31)(H,27,33)(H,28,29). The fourth-order valence-electron chi connectivity index (χ4n) is 3.83. The number of nitrogens with zero attached hydrogens (tertiary/aromatic N) is 2. The highest BCUT2D eigenvalue weighted by Gasteiger charge is 2.19. The third-order valence-electron chi connectivity index (χ3n) is 5.47. The summed E-state index contributed by atoms with van der Waals surface area (Å²) in [4.78, 5) is 47.2. The number of aromatic nitrogens is 2. The van der Waals surface area contributed by atoms with Crippen LogP contribution in [0, 0.1) is 6.92 Å². The van der Waals surface area contributed by atoms with Gasteiger partial charge in [-0.2, -0.15) is 0 Å². The van der Waals surface area contributed by atoms with Crippen molar-refractivity contribution in [2.24, 2.45) is 0 Å². The number of aromatic amines is 1.